The summed E-state index contributed by atoms with van der Waals surface area (Å²) in [6, 6.07) is 15.5. The molecule has 0 fully saturated rings. The fraction of sp³-hybridized carbons (Fsp3) is 0.105. The highest BCUT2D eigenvalue weighted by Gasteiger charge is 2.14. The van der Waals surface area contributed by atoms with Gasteiger partial charge in [0.05, 0.1) is 11.6 Å². The molecule has 0 aliphatic heterocycles. The van der Waals surface area contributed by atoms with Crippen molar-refractivity contribution in [3.05, 3.63) is 74.5 Å². The van der Waals surface area contributed by atoms with Gasteiger partial charge in [0, 0.05) is 11.1 Å². The van der Waals surface area contributed by atoms with Gasteiger partial charge in [0.25, 0.3) is 5.56 Å². The first-order valence-electron chi connectivity index (χ1n) is 7.77. The van der Waals surface area contributed by atoms with Gasteiger partial charge in [-0.05, 0) is 25.1 Å². The lowest BCUT2D eigenvalue weighted by Gasteiger charge is -2.02. The number of aromatic nitrogens is 3. The number of benzene rings is 2. The quantitative estimate of drug-likeness (QED) is 0.571. The average molecular weight is 349 g/mol. The number of para-hydroxylation sites is 1. The Kier molecular flexibility index (Phi) is 3.82. The maximum atomic E-state index is 12.9. The molecule has 0 aliphatic carbocycles. The van der Waals surface area contributed by atoms with Crippen LogP contribution < -0.4 is 14.8 Å². The topological polar surface area (TPSA) is 56.5 Å². The van der Waals surface area contributed by atoms with Crippen LogP contribution in [-0.4, -0.2) is 21.7 Å². The molecule has 6 heteroatoms. The van der Waals surface area contributed by atoms with Crippen LogP contribution in [-0.2, 0) is 0 Å². The molecule has 0 aliphatic rings. The molecule has 2 aromatic carbocycles. The lowest BCUT2D eigenvalue weighted by molar-refractivity contribution is 0.414. The number of thiazole rings is 1. The zero-order chi connectivity index (χ0) is 17.4. The SMILES string of the molecule is COc1ccccc1/C=c1\sc2nnc(-c3cccc(C)c3)n2c1=O. The summed E-state index contributed by atoms with van der Waals surface area (Å²) < 4.78 is 7.53. The van der Waals surface area contributed by atoms with E-state index < -0.39 is 0 Å². The molecule has 0 unspecified atom stereocenters. The number of ether oxygens (including phenoxy) is 1. The third-order valence-corrected chi connectivity index (χ3v) is 4.91. The minimum Gasteiger partial charge on any atom is -0.496 e. The summed E-state index contributed by atoms with van der Waals surface area (Å²) in [4.78, 5) is 13.5. The molecular weight excluding hydrogens is 334 g/mol. The average Bonchev–Trinajstić information content (AvgIpc) is 3.16. The second-order valence-corrected chi connectivity index (χ2v) is 6.68. The van der Waals surface area contributed by atoms with Crippen molar-refractivity contribution in [1.82, 2.24) is 14.6 Å². The van der Waals surface area contributed by atoms with Gasteiger partial charge >= 0.3 is 0 Å². The van der Waals surface area contributed by atoms with E-state index in [9.17, 15) is 4.79 Å². The van der Waals surface area contributed by atoms with Crippen molar-refractivity contribution in [1.29, 1.82) is 0 Å². The van der Waals surface area contributed by atoms with E-state index in [2.05, 4.69) is 10.2 Å². The molecular formula is C19H15N3O2S. The molecule has 2 heterocycles. The van der Waals surface area contributed by atoms with Crippen LogP contribution in [0.15, 0.2) is 53.3 Å². The molecule has 0 bridgehead atoms. The Hall–Kier alpha value is -2.99. The molecule has 0 N–H and O–H groups in total. The van der Waals surface area contributed by atoms with Crippen molar-refractivity contribution in [2.75, 3.05) is 7.11 Å². The maximum Gasteiger partial charge on any atom is 0.276 e. The molecule has 0 saturated heterocycles. The maximum absolute atomic E-state index is 12.9. The van der Waals surface area contributed by atoms with Gasteiger partial charge in [0.1, 0.15) is 5.75 Å². The Morgan fingerprint density at radius 3 is 2.76 bits per heavy atom. The highest BCUT2D eigenvalue weighted by Crippen LogP contribution is 2.20. The number of hydrogen-bond acceptors (Lipinski definition) is 5. The van der Waals surface area contributed by atoms with Gasteiger partial charge in [0.2, 0.25) is 4.96 Å². The first-order valence-corrected chi connectivity index (χ1v) is 8.59. The van der Waals surface area contributed by atoms with E-state index in [1.165, 1.54) is 11.3 Å². The predicted molar refractivity (Wildman–Crippen MR) is 99.1 cm³/mol. The number of methoxy groups -OCH3 is 1. The van der Waals surface area contributed by atoms with Crippen LogP contribution in [0.5, 0.6) is 5.75 Å². The van der Waals surface area contributed by atoms with E-state index in [1.807, 2.05) is 61.5 Å². The fourth-order valence-electron chi connectivity index (χ4n) is 2.76. The lowest BCUT2D eigenvalue weighted by Crippen LogP contribution is -2.23. The second kappa shape index (κ2) is 6.14. The number of hydrogen-bond donors (Lipinski definition) is 0. The summed E-state index contributed by atoms with van der Waals surface area (Å²) >= 11 is 1.32. The lowest BCUT2D eigenvalue weighted by atomic mass is 10.1. The van der Waals surface area contributed by atoms with E-state index >= 15 is 0 Å². The van der Waals surface area contributed by atoms with Crippen LogP contribution in [0.3, 0.4) is 0 Å². The largest absolute Gasteiger partial charge is 0.496 e. The van der Waals surface area contributed by atoms with Gasteiger partial charge in [0.15, 0.2) is 5.82 Å². The second-order valence-electron chi connectivity index (χ2n) is 5.67. The van der Waals surface area contributed by atoms with Crippen molar-refractivity contribution in [3.8, 4) is 17.1 Å². The Labute approximate surface area is 147 Å². The molecule has 25 heavy (non-hydrogen) atoms. The Morgan fingerprint density at radius 1 is 1.12 bits per heavy atom. The highest BCUT2D eigenvalue weighted by molar-refractivity contribution is 7.15. The van der Waals surface area contributed by atoms with E-state index in [-0.39, 0.29) is 5.56 Å². The molecule has 124 valence electrons. The molecule has 0 spiro atoms. The van der Waals surface area contributed by atoms with E-state index in [4.69, 9.17) is 4.74 Å². The van der Waals surface area contributed by atoms with Crippen molar-refractivity contribution >= 4 is 22.4 Å². The van der Waals surface area contributed by atoms with Gasteiger partial charge in [-0.1, -0.05) is 53.3 Å². The summed E-state index contributed by atoms with van der Waals surface area (Å²) in [6.45, 7) is 2.01. The molecule has 0 atom stereocenters. The van der Waals surface area contributed by atoms with Gasteiger partial charge in [-0.3, -0.25) is 4.79 Å². The summed E-state index contributed by atoms with van der Waals surface area (Å²) in [5.74, 6) is 1.30. The van der Waals surface area contributed by atoms with E-state index in [1.54, 1.807) is 11.5 Å². The third kappa shape index (κ3) is 2.70. The summed E-state index contributed by atoms with van der Waals surface area (Å²) in [7, 11) is 1.62. The summed E-state index contributed by atoms with van der Waals surface area (Å²) in [5, 5.41) is 8.36. The zero-order valence-corrected chi connectivity index (χ0v) is 14.6. The van der Waals surface area contributed by atoms with Crippen LogP contribution in [0.1, 0.15) is 11.1 Å². The molecule has 5 nitrogen and oxygen atoms in total. The van der Waals surface area contributed by atoms with E-state index in [0.717, 1.165) is 22.4 Å². The number of aryl methyl sites for hydroxylation is 1. The molecule has 0 saturated carbocycles. The smallest absolute Gasteiger partial charge is 0.276 e. The molecule has 2 aromatic heterocycles. The number of nitrogens with zero attached hydrogens (tertiary/aromatic N) is 3. The fourth-order valence-corrected chi connectivity index (χ4v) is 3.66. The number of rotatable bonds is 3. The molecule has 0 amide bonds. The summed E-state index contributed by atoms with van der Waals surface area (Å²) in [6.07, 6.45) is 1.83. The van der Waals surface area contributed by atoms with Crippen LogP contribution in [0.2, 0.25) is 0 Å². The van der Waals surface area contributed by atoms with Crippen LogP contribution in [0, 0.1) is 6.92 Å². The van der Waals surface area contributed by atoms with Crippen molar-refractivity contribution in [2.24, 2.45) is 0 Å². The van der Waals surface area contributed by atoms with Crippen LogP contribution in [0.25, 0.3) is 22.4 Å². The zero-order valence-electron chi connectivity index (χ0n) is 13.8. The first-order chi connectivity index (χ1) is 12.2. The predicted octanol–water partition coefficient (Wildman–Crippen LogP) is 2.68. The Morgan fingerprint density at radius 2 is 1.96 bits per heavy atom. The third-order valence-electron chi connectivity index (χ3n) is 3.95. The molecule has 4 rings (SSSR count). The van der Waals surface area contributed by atoms with Crippen LogP contribution >= 0.6 is 11.3 Å². The number of fused-ring (bicyclic) bond motifs is 1. The monoisotopic (exact) mass is 349 g/mol. The summed E-state index contributed by atoms with van der Waals surface area (Å²) in [5.41, 5.74) is 2.73. The Bertz CT molecular complexity index is 1180. The minimum absolute atomic E-state index is 0.118. The highest BCUT2D eigenvalue weighted by atomic mass is 32.1. The van der Waals surface area contributed by atoms with Crippen molar-refractivity contribution in [2.45, 2.75) is 6.92 Å². The van der Waals surface area contributed by atoms with Gasteiger partial charge in [-0.15, -0.1) is 10.2 Å². The van der Waals surface area contributed by atoms with E-state index in [0.29, 0.717) is 15.3 Å². The normalized spacial score (nSPS) is 12.0. The molecule has 4 aromatic rings. The minimum atomic E-state index is -0.118. The standard InChI is InChI=1S/C19H15N3O2S/c1-12-6-5-8-14(10-12)17-20-21-19-22(17)18(23)16(25-19)11-13-7-3-4-9-15(13)24-2/h3-11H,1-2H3/b16-11-. The molecule has 0 radical (unpaired) electrons. The first kappa shape index (κ1) is 15.5. The Balaban J connectivity index is 1.93. The van der Waals surface area contributed by atoms with Gasteiger partial charge in [-0.25, -0.2) is 4.40 Å². The van der Waals surface area contributed by atoms with Gasteiger partial charge in [-0.2, -0.15) is 0 Å². The van der Waals surface area contributed by atoms with Crippen LogP contribution in [0.4, 0.5) is 0 Å². The van der Waals surface area contributed by atoms with Crippen molar-refractivity contribution < 1.29 is 4.74 Å². The van der Waals surface area contributed by atoms with Gasteiger partial charge < -0.3 is 4.74 Å². The van der Waals surface area contributed by atoms with Crippen molar-refractivity contribution in [3.63, 3.8) is 0 Å².